The SMILES string of the molecule is CCOC(=O)C1=C(C)NC2=C(C(=O)c3ccccc32)[C@H]1C. The Hall–Kier alpha value is -2.36. The summed E-state index contributed by atoms with van der Waals surface area (Å²) < 4.78 is 5.11. The molecule has 0 unspecified atom stereocenters. The number of fused-ring (bicyclic) bond motifs is 2. The van der Waals surface area contributed by atoms with Crippen LogP contribution in [0.2, 0.25) is 0 Å². The fourth-order valence-electron chi connectivity index (χ4n) is 3.11. The maximum atomic E-state index is 12.6. The maximum Gasteiger partial charge on any atom is 0.336 e. The second-order valence-corrected chi connectivity index (χ2v) is 5.27. The van der Waals surface area contributed by atoms with E-state index in [1.54, 1.807) is 6.92 Å². The quantitative estimate of drug-likeness (QED) is 0.848. The average molecular weight is 283 g/mol. The van der Waals surface area contributed by atoms with E-state index >= 15 is 0 Å². The third-order valence-electron chi connectivity index (χ3n) is 4.03. The molecule has 4 nitrogen and oxygen atoms in total. The van der Waals surface area contributed by atoms with Gasteiger partial charge in [-0.05, 0) is 13.8 Å². The molecule has 0 fully saturated rings. The van der Waals surface area contributed by atoms with Gasteiger partial charge in [0.05, 0.1) is 17.9 Å². The van der Waals surface area contributed by atoms with Crippen LogP contribution in [0.5, 0.6) is 0 Å². The molecule has 1 heterocycles. The first-order valence-electron chi connectivity index (χ1n) is 7.09. The lowest BCUT2D eigenvalue weighted by atomic mass is 9.86. The standard InChI is InChI=1S/C17H17NO3/c1-4-21-17(20)13-9(2)14-15(18-10(13)3)11-7-5-6-8-12(11)16(14)19/h5-9,18H,4H2,1-3H3/t9-/m0/s1. The molecule has 1 N–H and O–H groups in total. The van der Waals surface area contributed by atoms with Gasteiger partial charge < -0.3 is 10.1 Å². The maximum absolute atomic E-state index is 12.6. The van der Waals surface area contributed by atoms with Crippen LogP contribution in [0.3, 0.4) is 0 Å². The van der Waals surface area contributed by atoms with Crippen molar-refractivity contribution in [3.05, 3.63) is 52.2 Å². The zero-order chi connectivity index (χ0) is 15.1. The van der Waals surface area contributed by atoms with Crippen LogP contribution in [-0.4, -0.2) is 18.4 Å². The highest BCUT2D eigenvalue weighted by Gasteiger charge is 2.39. The molecule has 1 atom stereocenters. The number of rotatable bonds is 2. The van der Waals surface area contributed by atoms with Gasteiger partial charge in [-0.1, -0.05) is 31.2 Å². The Labute approximate surface area is 123 Å². The number of hydrogen-bond acceptors (Lipinski definition) is 4. The normalized spacial score (nSPS) is 20.1. The smallest absolute Gasteiger partial charge is 0.336 e. The van der Waals surface area contributed by atoms with E-state index in [0.29, 0.717) is 23.3 Å². The summed E-state index contributed by atoms with van der Waals surface area (Å²) in [5, 5.41) is 3.22. The van der Waals surface area contributed by atoms with E-state index in [9.17, 15) is 9.59 Å². The molecule has 1 aliphatic carbocycles. The topological polar surface area (TPSA) is 55.4 Å². The van der Waals surface area contributed by atoms with Crippen LogP contribution in [-0.2, 0) is 9.53 Å². The number of Topliss-reactive ketones (excluding diaryl/α,β-unsaturated/α-hetero) is 1. The van der Waals surface area contributed by atoms with Crippen molar-refractivity contribution >= 4 is 17.4 Å². The molecule has 0 saturated carbocycles. The van der Waals surface area contributed by atoms with Gasteiger partial charge in [-0.2, -0.15) is 0 Å². The van der Waals surface area contributed by atoms with Crippen molar-refractivity contribution in [2.45, 2.75) is 20.8 Å². The van der Waals surface area contributed by atoms with Crippen LogP contribution in [0.4, 0.5) is 0 Å². The summed E-state index contributed by atoms with van der Waals surface area (Å²) in [5.41, 5.74) is 4.38. The number of ether oxygens (including phenoxy) is 1. The highest BCUT2D eigenvalue weighted by Crippen LogP contribution is 2.41. The molecule has 0 radical (unpaired) electrons. The summed E-state index contributed by atoms with van der Waals surface area (Å²) >= 11 is 0. The van der Waals surface area contributed by atoms with E-state index in [-0.39, 0.29) is 17.7 Å². The Bertz CT molecular complexity index is 713. The molecule has 1 aromatic rings. The number of nitrogens with one attached hydrogen (secondary N) is 1. The summed E-state index contributed by atoms with van der Waals surface area (Å²) in [6.45, 7) is 5.83. The average Bonchev–Trinajstić information content (AvgIpc) is 2.73. The predicted octanol–water partition coefficient (Wildman–Crippen LogP) is 2.67. The molecule has 0 bridgehead atoms. The van der Waals surface area contributed by atoms with Gasteiger partial charge >= 0.3 is 5.97 Å². The summed E-state index contributed by atoms with van der Waals surface area (Å²) in [6.07, 6.45) is 0. The second kappa shape index (κ2) is 4.88. The minimum absolute atomic E-state index is 0.00472. The van der Waals surface area contributed by atoms with Gasteiger partial charge in [0.25, 0.3) is 0 Å². The Morgan fingerprint density at radius 1 is 1.29 bits per heavy atom. The minimum Gasteiger partial charge on any atom is -0.463 e. The number of hydrogen-bond donors (Lipinski definition) is 1. The van der Waals surface area contributed by atoms with E-state index in [0.717, 1.165) is 17.0 Å². The summed E-state index contributed by atoms with van der Waals surface area (Å²) in [6, 6.07) is 7.52. The van der Waals surface area contributed by atoms with Gasteiger partial charge in [0.15, 0.2) is 5.78 Å². The van der Waals surface area contributed by atoms with Crippen LogP contribution >= 0.6 is 0 Å². The third kappa shape index (κ3) is 1.90. The van der Waals surface area contributed by atoms with Crippen molar-refractivity contribution < 1.29 is 14.3 Å². The molecular formula is C17H17NO3. The summed E-state index contributed by atoms with van der Waals surface area (Å²) in [5.74, 6) is -0.625. The Kier molecular flexibility index (Phi) is 3.16. The van der Waals surface area contributed by atoms with Crippen molar-refractivity contribution in [2.75, 3.05) is 6.61 Å². The Morgan fingerprint density at radius 3 is 2.62 bits per heavy atom. The van der Waals surface area contributed by atoms with Crippen molar-refractivity contribution in [1.29, 1.82) is 0 Å². The molecule has 0 spiro atoms. The first-order chi connectivity index (χ1) is 10.1. The van der Waals surface area contributed by atoms with Gasteiger partial charge in [-0.15, -0.1) is 0 Å². The largest absolute Gasteiger partial charge is 0.463 e. The highest BCUT2D eigenvalue weighted by molar-refractivity contribution is 6.22. The summed E-state index contributed by atoms with van der Waals surface area (Å²) in [7, 11) is 0. The Balaban J connectivity index is 2.06. The van der Waals surface area contributed by atoms with E-state index in [4.69, 9.17) is 4.74 Å². The molecular weight excluding hydrogens is 266 g/mol. The van der Waals surface area contributed by atoms with E-state index < -0.39 is 0 Å². The number of benzene rings is 1. The number of carbonyl (C=O) groups excluding carboxylic acids is 2. The molecule has 3 rings (SSSR count). The number of allylic oxidation sites excluding steroid dienone is 2. The van der Waals surface area contributed by atoms with Gasteiger partial charge in [0.1, 0.15) is 0 Å². The first kappa shape index (κ1) is 13.6. The lowest BCUT2D eigenvalue weighted by molar-refractivity contribution is -0.139. The van der Waals surface area contributed by atoms with Crippen LogP contribution in [0.15, 0.2) is 41.1 Å². The van der Waals surface area contributed by atoms with Gasteiger partial charge in [-0.3, -0.25) is 4.79 Å². The van der Waals surface area contributed by atoms with Crippen molar-refractivity contribution in [1.82, 2.24) is 5.32 Å². The summed E-state index contributed by atoms with van der Waals surface area (Å²) in [4.78, 5) is 24.7. The molecule has 21 heavy (non-hydrogen) atoms. The molecule has 108 valence electrons. The number of carbonyl (C=O) groups is 2. The molecule has 1 aliphatic heterocycles. The highest BCUT2D eigenvalue weighted by atomic mass is 16.5. The van der Waals surface area contributed by atoms with Gasteiger partial charge in [0, 0.05) is 28.3 Å². The third-order valence-corrected chi connectivity index (χ3v) is 4.03. The molecule has 1 aromatic carbocycles. The zero-order valence-corrected chi connectivity index (χ0v) is 12.3. The molecule has 0 amide bonds. The fourth-order valence-corrected chi connectivity index (χ4v) is 3.11. The lowest BCUT2D eigenvalue weighted by Gasteiger charge is -2.26. The lowest BCUT2D eigenvalue weighted by Crippen LogP contribution is -2.29. The molecule has 0 aromatic heterocycles. The van der Waals surface area contributed by atoms with Gasteiger partial charge in [-0.25, -0.2) is 4.79 Å². The number of dihydropyridines is 1. The minimum atomic E-state index is -0.356. The van der Waals surface area contributed by atoms with Crippen LogP contribution < -0.4 is 5.32 Å². The van der Waals surface area contributed by atoms with E-state index in [1.165, 1.54) is 0 Å². The van der Waals surface area contributed by atoms with Crippen molar-refractivity contribution in [3.63, 3.8) is 0 Å². The van der Waals surface area contributed by atoms with Crippen LogP contribution in [0.1, 0.15) is 36.7 Å². The van der Waals surface area contributed by atoms with Crippen LogP contribution in [0, 0.1) is 5.92 Å². The Morgan fingerprint density at radius 2 is 1.95 bits per heavy atom. The molecule has 4 heteroatoms. The molecule has 2 aliphatic rings. The van der Waals surface area contributed by atoms with Crippen molar-refractivity contribution in [2.24, 2.45) is 5.92 Å². The van der Waals surface area contributed by atoms with E-state index in [1.807, 2.05) is 38.1 Å². The second-order valence-electron chi connectivity index (χ2n) is 5.27. The molecule has 0 saturated heterocycles. The van der Waals surface area contributed by atoms with Crippen LogP contribution in [0.25, 0.3) is 5.70 Å². The van der Waals surface area contributed by atoms with Crippen molar-refractivity contribution in [3.8, 4) is 0 Å². The fraction of sp³-hybridized carbons (Fsp3) is 0.294. The first-order valence-corrected chi connectivity index (χ1v) is 7.09. The van der Waals surface area contributed by atoms with Gasteiger partial charge in [0.2, 0.25) is 0 Å². The number of ketones is 1. The van der Waals surface area contributed by atoms with E-state index in [2.05, 4.69) is 5.32 Å². The predicted molar refractivity (Wildman–Crippen MR) is 79.3 cm³/mol. The zero-order valence-electron chi connectivity index (χ0n) is 12.3. The number of esters is 1. The monoisotopic (exact) mass is 283 g/mol.